The summed E-state index contributed by atoms with van der Waals surface area (Å²) in [5.74, 6) is 0.863. The lowest BCUT2D eigenvalue weighted by atomic mass is 10.2. The van der Waals surface area contributed by atoms with Gasteiger partial charge in [-0.15, -0.1) is 0 Å². The highest BCUT2D eigenvalue weighted by molar-refractivity contribution is 8.03. The predicted molar refractivity (Wildman–Crippen MR) is 126 cm³/mol. The Bertz CT molecular complexity index is 1030. The van der Waals surface area contributed by atoms with Crippen molar-refractivity contribution in [3.05, 3.63) is 55.9 Å². The molecule has 2 aromatic rings. The Hall–Kier alpha value is -1.40. The maximum atomic E-state index is 6.23. The highest BCUT2D eigenvalue weighted by atomic mass is 35.5. The number of anilines is 1. The Morgan fingerprint density at radius 3 is 2.86 bits per heavy atom. The monoisotopic (exact) mass is 465 g/mol. The van der Waals surface area contributed by atoms with Crippen molar-refractivity contribution in [2.24, 2.45) is 0 Å². The maximum absolute atomic E-state index is 6.23. The van der Waals surface area contributed by atoms with E-state index in [0.717, 1.165) is 35.3 Å². The highest BCUT2D eigenvalue weighted by Crippen LogP contribution is 2.47. The van der Waals surface area contributed by atoms with Crippen molar-refractivity contribution in [1.82, 2.24) is 0 Å². The van der Waals surface area contributed by atoms with E-state index >= 15 is 0 Å². The molecule has 0 amide bonds. The number of thiazole rings is 1. The van der Waals surface area contributed by atoms with Crippen LogP contribution in [0.4, 0.5) is 5.69 Å². The molecule has 152 valence electrons. The summed E-state index contributed by atoms with van der Waals surface area (Å²) >= 11 is 15.9. The van der Waals surface area contributed by atoms with Crippen LogP contribution in [0.25, 0.3) is 12.2 Å². The fraction of sp³-hybridized carbons (Fsp3) is 0.318. The minimum Gasteiger partial charge on any atom is -0.420 e. The second-order valence-electron chi connectivity index (χ2n) is 6.70. The second kappa shape index (κ2) is 8.76. The summed E-state index contributed by atoms with van der Waals surface area (Å²) in [7, 11) is 0. The maximum Gasteiger partial charge on any atom is 0.388 e. The van der Waals surface area contributed by atoms with E-state index in [1.807, 2.05) is 18.2 Å². The van der Waals surface area contributed by atoms with Crippen molar-refractivity contribution in [1.29, 1.82) is 0 Å². The molecule has 29 heavy (non-hydrogen) atoms. The number of nitrogens with zero attached hydrogens (tertiary/aromatic N) is 2. The number of aromatic nitrogens is 1. The van der Waals surface area contributed by atoms with E-state index < -0.39 is 5.56 Å². The summed E-state index contributed by atoms with van der Waals surface area (Å²) in [6.07, 6.45) is 9.44. The van der Waals surface area contributed by atoms with Crippen molar-refractivity contribution >= 4 is 64.1 Å². The number of thioether (sulfide) groups is 1. The lowest BCUT2D eigenvalue weighted by molar-refractivity contribution is -0.695. The van der Waals surface area contributed by atoms with Crippen LogP contribution < -0.4 is 14.2 Å². The minimum atomic E-state index is -0.405. The van der Waals surface area contributed by atoms with Crippen molar-refractivity contribution in [2.45, 2.75) is 44.2 Å². The van der Waals surface area contributed by atoms with E-state index in [2.05, 4.69) is 54.5 Å². The molecule has 3 heterocycles. The van der Waals surface area contributed by atoms with Gasteiger partial charge in [0.05, 0.1) is 10.7 Å². The fourth-order valence-electron chi connectivity index (χ4n) is 3.46. The van der Waals surface area contributed by atoms with Gasteiger partial charge >= 0.3 is 5.88 Å². The van der Waals surface area contributed by atoms with Crippen LogP contribution in [0.5, 0.6) is 5.88 Å². The summed E-state index contributed by atoms with van der Waals surface area (Å²) in [6.45, 7) is 8.23. The molecule has 0 bridgehead atoms. The molecule has 7 heteroatoms. The van der Waals surface area contributed by atoms with Gasteiger partial charge in [0.2, 0.25) is 0 Å². The van der Waals surface area contributed by atoms with Crippen LogP contribution in [-0.2, 0) is 6.54 Å². The third-order valence-electron chi connectivity index (χ3n) is 4.91. The van der Waals surface area contributed by atoms with Gasteiger partial charge in [-0.25, -0.2) is 0 Å². The smallest absolute Gasteiger partial charge is 0.388 e. The van der Waals surface area contributed by atoms with Gasteiger partial charge in [0.15, 0.2) is 12.1 Å². The Morgan fingerprint density at radius 2 is 2.14 bits per heavy atom. The normalized spacial score (nSPS) is 19.5. The van der Waals surface area contributed by atoms with Gasteiger partial charge in [0.1, 0.15) is 4.88 Å². The zero-order valence-electron chi connectivity index (χ0n) is 16.6. The van der Waals surface area contributed by atoms with Gasteiger partial charge in [-0.3, -0.25) is 0 Å². The molecule has 1 atom stereocenters. The first-order valence-electron chi connectivity index (χ1n) is 9.76. The molecule has 2 aliphatic heterocycles. The fourth-order valence-corrected chi connectivity index (χ4v) is 6.11. The number of hydrogen-bond acceptors (Lipinski definition) is 4. The Morgan fingerprint density at radius 1 is 1.31 bits per heavy atom. The number of hydrogen-bond donors (Lipinski definition) is 0. The molecular formula is C22H23Cl2N2OS2+. The van der Waals surface area contributed by atoms with E-state index in [1.54, 1.807) is 23.1 Å². The van der Waals surface area contributed by atoms with E-state index in [9.17, 15) is 0 Å². The lowest BCUT2D eigenvalue weighted by Crippen LogP contribution is -2.36. The Labute approximate surface area is 190 Å². The third-order valence-corrected chi connectivity index (χ3v) is 7.57. The zero-order chi connectivity index (χ0) is 20.5. The molecule has 0 saturated carbocycles. The van der Waals surface area contributed by atoms with Crippen LogP contribution >= 0.6 is 46.3 Å². The first-order chi connectivity index (χ1) is 14.0. The average molecular weight is 466 g/mol. The number of alkyl halides is 1. The molecule has 0 spiro atoms. The summed E-state index contributed by atoms with van der Waals surface area (Å²) in [5, 5.41) is 3.18. The molecule has 4 rings (SSSR count). The first kappa shape index (κ1) is 20.9. The summed E-state index contributed by atoms with van der Waals surface area (Å²) in [4.78, 5) is 4.69. The Kier molecular flexibility index (Phi) is 6.30. The van der Waals surface area contributed by atoms with Crippen molar-refractivity contribution in [3.8, 4) is 5.88 Å². The third kappa shape index (κ3) is 4.11. The summed E-state index contributed by atoms with van der Waals surface area (Å²) in [6, 6.07) is 6.11. The molecule has 0 N–H and O–H groups in total. The molecule has 0 fully saturated rings. The topological polar surface area (TPSA) is 16.4 Å². The van der Waals surface area contributed by atoms with Gasteiger partial charge in [0, 0.05) is 22.5 Å². The summed E-state index contributed by atoms with van der Waals surface area (Å²) in [5.41, 5.74) is 2.06. The van der Waals surface area contributed by atoms with Crippen LogP contribution in [0.2, 0.25) is 5.02 Å². The van der Waals surface area contributed by atoms with Gasteiger partial charge in [-0.1, -0.05) is 53.2 Å². The molecule has 3 nitrogen and oxygen atoms in total. The number of rotatable bonds is 5. The van der Waals surface area contributed by atoms with Gasteiger partial charge in [-0.05, 0) is 62.3 Å². The number of halogens is 2. The van der Waals surface area contributed by atoms with Crippen molar-refractivity contribution < 1.29 is 9.30 Å². The largest absolute Gasteiger partial charge is 0.420 e. The number of benzene rings is 1. The molecule has 0 saturated heterocycles. The number of allylic oxidation sites excluding steroid dienone is 2. The Balaban J connectivity index is 1.70. The first-order valence-corrected chi connectivity index (χ1v) is 12.2. The van der Waals surface area contributed by atoms with Crippen LogP contribution in [0, 0.1) is 0 Å². The molecule has 1 aromatic carbocycles. The minimum absolute atomic E-state index is 0.405. The van der Waals surface area contributed by atoms with Crippen LogP contribution in [0.3, 0.4) is 0 Å². The highest BCUT2D eigenvalue weighted by Gasteiger charge is 2.29. The van der Waals surface area contributed by atoms with E-state index in [1.165, 1.54) is 26.2 Å². The van der Waals surface area contributed by atoms with Gasteiger partial charge in [0.25, 0.3) is 5.01 Å². The molecule has 1 unspecified atom stereocenters. The van der Waals surface area contributed by atoms with E-state index in [-0.39, 0.29) is 0 Å². The predicted octanol–water partition coefficient (Wildman–Crippen LogP) is 6.95. The van der Waals surface area contributed by atoms with Gasteiger partial charge < -0.3 is 9.64 Å². The quantitative estimate of drug-likeness (QED) is 0.351. The van der Waals surface area contributed by atoms with Crippen LogP contribution in [0.15, 0.2) is 45.8 Å². The molecular weight excluding hydrogens is 443 g/mol. The van der Waals surface area contributed by atoms with Gasteiger partial charge in [-0.2, -0.15) is 4.57 Å². The summed E-state index contributed by atoms with van der Waals surface area (Å²) < 4.78 is 8.05. The SMILES string of the molecule is CCC(=Cc1sc2c([n+]1CC)OC(Cl)C=C2)C=C1Sc2ccc(Cl)cc2N1CC. The molecule has 1 aromatic heterocycles. The number of fused-ring (bicyclic) bond motifs is 2. The van der Waals surface area contributed by atoms with Crippen LogP contribution in [0.1, 0.15) is 37.1 Å². The van der Waals surface area contributed by atoms with E-state index in [0.29, 0.717) is 0 Å². The lowest BCUT2D eigenvalue weighted by Gasteiger charge is -2.18. The standard InChI is InChI=1S/C22H23Cl2N2OS2/c1-4-14(11-20-25(5-2)16-13-15(23)7-8-17(16)28-20)12-21-26(6-3)22-18(29-21)9-10-19(24)27-22/h7-13,19H,4-6H2,1-3H3/q+1. The van der Waals surface area contributed by atoms with Crippen LogP contribution in [-0.4, -0.2) is 12.1 Å². The zero-order valence-corrected chi connectivity index (χ0v) is 19.8. The molecule has 0 radical (unpaired) electrons. The van der Waals surface area contributed by atoms with Crippen molar-refractivity contribution in [2.75, 3.05) is 11.4 Å². The average Bonchev–Trinajstić information content (AvgIpc) is 3.23. The number of ether oxygens (including phenoxy) is 1. The van der Waals surface area contributed by atoms with Crippen molar-refractivity contribution in [3.63, 3.8) is 0 Å². The second-order valence-corrected chi connectivity index (χ2v) is 9.69. The molecule has 0 aliphatic carbocycles. The molecule has 2 aliphatic rings. The van der Waals surface area contributed by atoms with E-state index in [4.69, 9.17) is 27.9 Å².